The number of ether oxygens (including phenoxy) is 1. The van der Waals surface area contributed by atoms with Gasteiger partial charge in [0.25, 0.3) is 0 Å². The molecule has 0 aromatic heterocycles. The number of hydrogen-bond acceptors (Lipinski definition) is 3. The zero-order valence-electron chi connectivity index (χ0n) is 11.5. The van der Waals surface area contributed by atoms with Crippen molar-refractivity contribution in [1.82, 2.24) is 5.32 Å². The number of benzene rings is 1. The summed E-state index contributed by atoms with van der Waals surface area (Å²) in [6, 6.07) is 3.70. The van der Waals surface area contributed by atoms with E-state index in [1.807, 2.05) is 0 Å². The fourth-order valence-corrected chi connectivity index (χ4v) is 1.58. The van der Waals surface area contributed by atoms with Crippen molar-refractivity contribution in [3.8, 4) is 5.75 Å². The van der Waals surface area contributed by atoms with Crippen molar-refractivity contribution >= 4 is 17.7 Å². The van der Waals surface area contributed by atoms with Gasteiger partial charge in [-0.2, -0.15) is 8.78 Å². The highest BCUT2D eigenvalue weighted by Crippen LogP contribution is 2.25. The molecule has 0 saturated carbocycles. The lowest BCUT2D eigenvalue weighted by molar-refractivity contribution is -0.140. The third kappa shape index (κ3) is 5.25. The summed E-state index contributed by atoms with van der Waals surface area (Å²) in [5.41, 5.74) is 0.0168. The highest BCUT2D eigenvalue weighted by Gasteiger charge is 2.23. The van der Waals surface area contributed by atoms with E-state index in [2.05, 4.69) is 15.4 Å². The Kier molecular flexibility index (Phi) is 5.89. The first-order valence-corrected chi connectivity index (χ1v) is 6.15. The largest absolute Gasteiger partial charge is 0.480 e. The second kappa shape index (κ2) is 7.41. The molecule has 0 unspecified atom stereocenters. The summed E-state index contributed by atoms with van der Waals surface area (Å²) in [6.07, 6.45) is 0. The molecule has 1 aromatic rings. The topological polar surface area (TPSA) is 87.7 Å². The van der Waals surface area contributed by atoms with Gasteiger partial charge >= 0.3 is 18.6 Å². The molecule has 6 nitrogen and oxygen atoms in total. The molecule has 0 fully saturated rings. The molecule has 1 rings (SSSR count). The van der Waals surface area contributed by atoms with Crippen molar-refractivity contribution in [2.24, 2.45) is 5.92 Å². The predicted octanol–water partition coefficient (Wildman–Crippen LogP) is 2.52. The Balaban J connectivity index is 2.77. The summed E-state index contributed by atoms with van der Waals surface area (Å²) in [7, 11) is 0. The Morgan fingerprint density at radius 3 is 2.38 bits per heavy atom. The van der Waals surface area contributed by atoms with Crippen molar-refractivity contribution in [3.05, 3.63) is 24.3 Å². The van der Waals surface area contributed by atoms with Crippen LogP contribution in [0, 0.1) is 5.92 Å². The molecule has 0 radical (unpaired) electrons. The summed E-state index contributed by atoms with van der Waals surface area (Å²) >= 11 is 0. The lowest BCUT2D eigenvalue weighted by Gasteiger charge is -2.19. The number of aliphatic carboxylic acids is 1. The number of anilines is 1. The van der Waals surface area contributed by atoms with Gasteiger partial charge in [0.1, 0.15) is 11.8 Å². The number of carbonyl (C=O) groups excluding carboxylic acids is 1. The van der Waals surface area contributed by atoms with Crippen LogP contribution in [-0.2, 0) is 4.79 Å². The van der Waals surface area contributed by atoms with Crippen LogP contribution in [0.3, 0.4) is 0 Å². The maximum Gasteiger partial charge on any atom is 0.387 e. The van der Waals surface area contributed by atoms with Crippen LogP contribution in [0.1, 0.15) is 13.8 Å². The van der Waals surface area contributed by atoms with Crippen LogP contribution in [-0.4, -0.2) is 29.8 Å². The van der Waals surface area contributed by atoms with Gasteiger partial charge in [-0.05, 0) is 18.1 Å². The molecule has 0 heterocycles. The number of halogens is 2. The lowest BCUT2D eigenvalue weighted by Crippen LogP contribution is -2.46. The number of rotatable bonds is 6. The summed E-state index contributed by atoms with van der Waals surface area (Å²) in [5, 5.41) is 13.5. The Hall–Kier alpha value is -2.38. The van der Waals surface area contributed by atoms with Crippen LogP contribution in [0.2, 0.25) is 0 Å². The molecular formula is C13H16F2N2O4. The summed E-state index contributed by atoms with van der Waals surface area (Å²) in [4.78, 5) is 22.7. The van der Waals surface area contributed by atoms with E-state index in [-0.39, 0.29) is 17.4 Å². The molecule has 1 atom stereocenters. The molecule has 8 heteroatoms. The predicted molar refractivity (Wildman–Crippen MR) is 71.5 cm³/mol. The first-order valence-electron chi connectivity index (χ1n) is 6.15. The molecule has 116 valence electrons. The monoisotopic (exact) mass is 302 g/mol. The van der Waals surface area contributed by atoms with Gasteiger partial charge in [-0.1, -0.05) is 26.0 Å². The molecule has 1 aromatic carbocycles. The average molecular weight is 302 g/mol. The fraction of sp³-hybridized carbons (Fsp3) is 0.385. The zero-order valence-corrected chi connectivity index (χ0v) is 11.5. The minimum atomic E-state index is -3.03. The van der Waals surface area contributed by atoms with E-state index >= 15 is 0 Å². The molecule has 0 aliphatic carbocycles. The summed E-state index contributed by atoms with van der Waals surface area (Å²) in [6.45, 7) is 0.235. The molecule has 0 aliphatic heterocycles. The molecule has 2 amide bonds. The van der Waals surface area contributed by atoms with Gasteiger partial charge in [-0.15, -0.1) is 0 Å². The standard InChI is InChI=1S/C13H16F2N2O4/c1-7(2)10(11(18)19)17-13(20)16-8-5-3-4-6-9(8)21-12(14)15/h3-7,10,12H,1-2H3,(H,18,19)(H2,16,17,20)/t10-/m1/s1. The average Bonchev–Trinajstić information content (AvgIpc) is 2.37. The Morgan fingerprint density at radius 1 is 1.24 bits per heavy atom. The number of amides is 2. The molecular weight excluding hydrogens is 286 g/mol. The second-order valence-corrected chi connectivity index (χ2v) is 4.53. The fourth-order valence-electron chi connectivity index (χ4n) is 1.58. The maximum absolute atomic E-state index is 12.2. The van der Waals surface area contributed by atoms with E-state index in [9.17, 15) is 18.4 Å². The summed E-state index contributed by atoms with van der Waals surface area (Å²) < 4.78 is 28.7. The Labute approximate surface area is 120 Å². The quantitative estimate of drug-likeness (QED) is 0.753. The van der Waals surface area contributed by atoms with Crippen LogP contribution in [0.15, 0.2) is 24.3 Å². The number of carboxylic acid groups (broad SMARTS) is 1. The minimum absolute atomic E-state index is 0.0168. The van der Waals surface area contributed by atoms with E-state index in [1.165, 1.54) is 24.3 Å². The number of alkyl halides is 2. The molecule has 3 N–H and O–H groups in total. The number of urea groups is 1. The minimum Gasteiger partial charge on any atom is -0.480 e. The number of carboxylic acids is 1. The van der Waals surface area contributed by atoms with Gasteiger partial charge in [0, 0.05) is 0 Å². The lowest BCUT2D eigenvalue weighted by atomic mass is 10.1. The third-order valence-electron chi connectivity index (χ3n) is 2.57. The van der Waals surface area contributed by atoms with Gasteiger partial charge < -0.3 is 20.5 Å². The zero-order chi connectivity index (χ0) is 16.0. The maximum atomic E-state index is 12.2. The Bertz CT molecular complexity index is 509. The molecule has 0 aliphatic rings. The highest BCUT2D eigenvalue weighted by molar-refractivity contribution is 5.93. The van der Waals surface area contributed by atoms with E-state index in [4.69, 9.17) is 5.11 Å². The Morgan fingerprint density at radius 2 is 1.86 bits per heavy atom. The van der Waals surface area contributed by atoms with Crippen molar-refractivity contribution in [2.45, 2.75) is 26.5 Å². The second-order valence-electron chi connectivity index (χ2n) is 4.53. The van der Waals surface area contributed by atoms with Crippen LogP contribution in [0.4, 0.5) is 19.3 Å². The van der Waals surface area contributed by atoms with Crippen molar-refractivity contribution < 1.29 is 28.2 Å². The third-order valence-corrected chi connectivity index (χ3v) is 2.57. The van der Waals surface area contributed by atoms with E-state index in [1.54, 1.807) is 13.8 Å². The van der Waals surface area contributed by atoms with Crippen molar-refractivity contribution in [1.29, 1.82) is 0 Å². The number of carbonyl (C=O) groups is 2. The molecule has 0 bridgehead atoms. The van der Waals surface area contributed by atoms with Gasteiger partial charge in [-0.3, -0.25) is 0 Å². The van der Waals surface area contributed by atoms with Crippen LogP contribution >= 0.6 is 0 Å². The smallest absolute Gasteiger partial charge is 0.387 e. The first-order chi connectivity index (χ1) is 9.81. The summed E-state index contributed by atoms with van der Waals surface area (Å²) in [5.74, 6) is -1.72. The van der Waals surface area contributed by atoms with Gasteiger partial charge in [0.15, 0.2) is 0 Å². The number of para-hydroxylation sites is 2. The number of nitrogens with one attached hydrogen (secondary N) is 2. The van der Waals surface area contributed by atoms with Crippen LogP contribution in [0.5, 0.6) is 5.75 Å². The highest BCUT2D eigenvalue weighted by atomic mass is 19.3. The van der Waals surface area contributed by atoms with E-state index in [0.717, 1.165) is 0 Å². The number of hydrogen-bond donors (Lipinski definition) is 3. The molecule has 21 heavy (non-hydrogen) atoms. The van der Waals surface area contributed by atoms with E-state index < -0.39 is 24.7 Å². The van der Waals surface area contributed by atoms with Gasteiger partial charge in [0.2, 0.25) is 0 Å². The molecule has 0 spiro atoms. The van der Waals surface area contributed by atoms with Crippen LogP contribution in [0.25, 0.3) is 0 Å². The first kappa shape index (κ1) is 16.7. The van der Waals surface area contributed by atoms with Gasteiger partial charge in [-0.25, -0.2) is 9.59 Å². The normalized spacial score (nSPS) is 12.1. The van der Waals surface area contributed by atoms with Crippen molar-refractivity contribution in [3.63, 3.8) is 0 Å². The van der Waals surface area contributed by atoms with Crippen LogP contribution < -0.4 is 15.4 Å². The molecule has 0 saturated heterocycles. The SMILES string of the molecule is CC(C)[C@@H](NC(=O)Nc1ccccc1OC(F)F)C(=O)O. The van der Waals surface area contributed by atoms with Crippen molar-refractivity contribution in [2.75, 3.05) is 5.32 Å². The van der Waals surface area contributed by atoms with E-state index in [0.29, 0.717) is 0 Å². The van der Waals surface area contributed by atoms with Gasteiger partial charge in [0.05, 0.1) is 5.69 Å².